The van der Waals surface area contributed by atoms with E-state index in [1.54, 1.807) is 6.20 Å². The number of amidine groups is 1. The Hall–Kier alpha value is -0.440. The van der Waals surface area contributed by atoms with E-state index < -0.39 is 0 Å². The smallest absolute Gasteiger partial charge is 0.103 e. The van der Waals surface area contributed by atoms with Crippen molar-refractivity contribution in [1.29, 1.82) is 0 Å². The standard InChI is InChI=1S/C8H14N2S/c1-3-9-8-6(2)4-7(11)5-10-8/h3,6-7,11H,1,4-5H2,2H3,(H,9,10). The molecular formula is C8H14N2S. The van der Waals surface area contributed by atoms with Crippen LogP contribution in [0.4, 0.5) is 0 Å². The third kappa shape index (κ3) is 2.26. The zero-order valence-electron chi connectivity index (χ0n) is 6.75. The van der Waals surface area contributed by atoms with E-state index in [-0.39, 0.29) is 0 Å². The average Bonchev–Trinajstić information content (AvgIpc) is 1.95. The molecule has 1 N–H and O–H groups in total. The maximum absolute atomic E-state index is 4.37. The van der Waals surface area contributed by atoms with E-state index in [4.69, 9.17) is 0 Å². The first-order chi connectivity index (χ1) is 5.24. The van der Waals surface area contributed by atoms with Crippen LogP contribution in [0, 0.1) is 5.92 Å². The maximum Gasteiger partial charge on any atom is 0.103 e. The van der Waals surface area contributed by atoms with Gasteiger partial charge in [-0.05, 0) is 12.6 Å². The van der Waals surface area contributed by atoms with Crippen molar-refractivity contribution in [3.63, 3.8) is 0 Å². The molecule has 0 spiro atoms. The van der Waals surface area contributed by atoms with Crippen molar-refractivity contribution >= 4 is 18.5 Å². The van der Waals surface area contributed by atoms with Crippen LogP contribution in [0.3, 0.4) is 0 Å². The fraction of sp³-hybridized carbons (Fsp3) is 0.625. The number of hydrogen-bond acceptors (Lipinski definition) is 3. The van der Waals surface area contributed by atoms with Crippen molar-refractivity contribution in [3.8, 4) is 0 Å². The third-order valence-electron chi connectivity index (χ3n) is 1.81. The predicted molar refractivity (Wildman–Crippen MR) is 52.2 cm³/mol. The Labute approximate surface area is 73.2 Å². The van der Waals surface area contributed by atoms with Gasteiger partial charge in [0.25, 0.3) is 0 Å². The van der Waals surface area contributed by atoms with Gasteiger partial charge in [0.15, 0.2) is 0 Å². The van der Waals surface area contributed by atoms with Gasteiger partial charge in [-0.25, -0.2) is 0 Å². The van der Waals surface area contributed by atoms with Gasteiger partial charge >= 0.3 is 0 Å². The predicted octanol–water partition coefficient (Wildman–Crippen LogP) is 1.46. The average molecular weight is 170 g/mol. The molecule has 2 atom stereocenters. The number of thiol groups is 1. The molecule has 1 heterocycles. The van der Waals surface area contributed by atoms with Crippen molar-refractivity contribution in [2.24, 2.45) is 10.9 Å². The molecular weight excluding hydrogens is 156 g/mol. The van der Waals surface area contributed by atoms with Gasteiger partial charge < -0.3 is 5.32 Å². The van der Waals surface area contributed by atoms with Crippen molar-refractivity contribution in [2.45, 2.75) is 18.6 Å². The summed E-state index contributed by atoms with van der Waals surface area (Å²) in [6.45, 7) is 6.57. The molecule has 0 fully saturated rings. The first kappa shape index (κ1) is 8.65. The Bertz CT molecular complexity index is 177. The molecule has 2 unspecified atom stereocenters. The van der Waals surface area contributed by atoms with Crippen molar-refractivity contribution in [1.82, 2.24) is 5.32 Å². The Morgan fingerprint density at radius 3 is 3.09 bits per heavy atom. The van der Waals surface area contributed by atoms with E-state index in [1.807, 2.05) is 0 Å². The van der Waals surface area contributed by atoms with Gasteiger partial charge in [-0.2, -0.15) is 12.6 Å². The fourth-order valence-corrected chi connectivity index (χ4v) is 1.64. The highest BCUT2D eigenvalue weighted by Gasteiger charge is 2.18. The van der Waals surface area contributed by atoms with Gasteiger partial charge in [-0.3, -0.25) is 4.99 Å². The van der Waals surface area contributed by atoms with Gasteiger partial charge in [0, 0.05) is 11.2 Å². The van der Waals surface area contributed by atoms with Crippen LogP contribution in [0.15, 0.2) is 17.8 Å². The molecule has 0 aliphatic carbocycles. The molecule has 62 valence electrons. The summed E-state index contributed by atoms with van der Waals surface area (Å²) in [6.07, 6.45) is 2.77. The Morgan fingerprint density at radius 2 is 2.55 bits per heavy atom. The van der Waals surface area contributed by atoms with Crippen molar-refractivity contribution < 1.29 is 0 Å². The number of rotatable bonds is 1. The zero-order valence-corrected chi connectivity index (χ0v) is 7.64. The van der Waals surface area contributed by atoms with Crippen LogP contribution in [0.5, 0.6) is 0 Å². The van der Waals surface area contributed by atoms with Crippen LogP contribution >= 0.6 is 12.6 Å². The largest absolute Gasteiger partial charge is 0.351 e. The van der Waals surface area contributed by atoms with Crippen molar-refractivity contribution in [2.75, 3.05) is 6.54 Å². The summed E-state index contributed by atoms with van der Waals surface area (Å²) in [7, 11) is 0. The third-order valence-corrected chi connectivity index (χ3v) is 2.19. The number of nitrogens with one attached hydrogen (secondary N) is 1. The lowest BCUT2D eigenvalue weighted by Crippen LogP contribution is -2.32. The normalized spacial score (nSPS) is 30.9. The van der Waals surface area contributed by atoms with Gasteiger partial charge in [-0.1, -0.05) is 13.5 Å². The van der Waals surface area contributed by atoms with Crippen LogP contribution in [0.1, 0.15) is 13.3 Å². The lowest BCUT2D eigenvalue weighted by atomic mass is 10.0. The number of aliphatic imine (C=N–C) groups is 1. The maximum atomic E-state index is 4.37. The van der Waals surface area contributed by atoms with Crippen LogP contribution in [0.25, 0.3) is 0 Å². The molecule has 0 radical (unpaired) electrons. The molecule has 1 rings (SSSR count). The summed E-state index contributed by atoms with van der Waals surface area (Å²) in [5.41, 5.74) is 0. The minimum atomic E-state index is 0.431. The highest BCUT2D eigenvalue weighted by atomic mass is 32.1. The molecule has 0 aromatic carbocycles. The minimum absolute atomic E-state index is 0.431. The molecule has 1 aliphatic rings. The fourth-order valence-electron chi connectivity index (χ4n) is 1.25. The van der Waals surface area contributed by atoms with Crippen LogP contribution in [-0.4, -0.2) is 17.6 Å². The summed E-state index contributed by atoms with van der Waals surface area (Å²) in [5, 5.41) is 3.47. The highest BCUT2D eigenvalue weighted by molar-refractivity contribution is 7.81. The Kier molecular flexibility index (Phi) is 3.00. The molecule has 2 nitrogen and oxygen atoms in total. The summed E-state index contributed by atoms with van der Waals surface area (Å²) in [6, 6.07) is 0. The number of nitrogens with zero attached hydrogens (tertiary/aromatic N) is 1. The first-order valence-electron chi connectivity index (χ1n) is 3.84. The molecule has 0 saturated carbocycles. The van der Waals surface area contributed by atoms with Gasteiger partial charge in [0.05, 0.1) is 6.54 Å². The molecule has 0 saturated heterocycles. The summed E-state index contributed by atoms with van der Waals surface area (Å²) in [5.74, 6) is 1.54. The lowest BCUT2D eigenvalue weighted by molar-refractivity contribution is 0.610. The van der Waals surface area contributed by atoms with Gasteiger partial charge in [-0.15, -0.1) is 0 Å². The molecule has 3 heteroatoms. The zero-order chi connectivity index (χ0) is 8.27. The molecule has 11 heavy (non-hydrogen) atoms. The lowest BCUT2D eigenvalue weighted by Gasteiger charge is -2.22. The SMILES string of the molecule is C=CNC1=NCC(S)CC1C. The minimum Gasteiger partial charge on any atom is -0.351 e. The van der Waals surface area contributed by atoms with Crippen molar-refractivity contribution in [3.05, 3.63) is 12.8 Å². The number of hydrogen-bond donors (Lipinski definition) is 2. The highest BCUT2D eigenvalue weighted by Crippen LogP contribution is 2.17. The summed E-state index contributed by atoms with van der Waals surface area (Å²) in [4.78, 5) is 4.34. The topological polar surface area (TPSA) is 24.4 Å². The molecule has 0 aromatic rings. The van der Waals surface area contributed by atoms with Gasteiger partial charge in [0.2, 0.25) is 0 Å². The second-order valence-corrected chi connectivity index (χ2v) is 3.60. The van der Waals surface area contributed by atoms with E-state index >= 15 is 0 Å². The van der Waals surface area contributed by atoms with Crippen LogP contribution in [0.2, 0.25) is 0 Å². The monoisotopic (exact) mass is 170 g/mol. The molecule has 1 aliphatic heterocycles. The van der Waals surface area contributed by atoms with E-state index in [1.165, 1.54) is 0 Å². The summed E-state index contributed by atoms with van der Waals surface area (Å²) >= 11 is 4.37. The molecule has 0 bridgehead atoms. The van der Waals surface area contributed by atoms with Crippen LogP contribution < -0.4 is 5.32 Å². The molecule has 0 amide bonds. The van der Waals surface area contributed by atoms with Gasteiger partial charge in [0.1, 0.15) is 5.84 Å². The second-order valence-electron chi connectivity index (χ2n) is 2.86. The van der Waals surface area contributed by atoms with E-state index in [9.17, 15) is 0 Å². The first-order valence-corrected chi connectivity index (χ1v) is 4.35. The van der Waals surface area contributed by atoms with E-state index in [0.29, 0.717) is 11.2 Å². The quantitative estimate of drug-likeness (QED) is 0.572. The molecule has 0 aromatic heterocycles. The van der Waals surface area contributed by atoms with E-state index in [2.05, 4.69) is 36.4 Å². The van der Waals surface area contributed by atoms with E-state index in [0.717, 1.165) is 18.8 Å². The Balaban J connectivity index is 2.56. The summed E-state index contributed by atoms with van der Waals surface area (Å²) < 4.78 is 0. The Morgan fingerprint density at radius 1 is 1.82 bits per heavy atom. The second kappa shape index (κ2) is 3.81. The van der Waals surface area contributed by atoms with Crippen LogP contribution in [-0.2, 0) is 0 Å².